The number of sulfonamides is 1. The lowest BCUT2D eigenvalue weighted by atomic mass is 10.0. The van der Waals surface area contributed by atoms with Gasteiger partial charge >= 0.3 is 0 Å². The summed E-state index contributed by atoms with van der Waals surface area (Å²) in [7, 11) is -1.95. The summed E-state index contributed by atoms with van der Waals surface area (Å²) in [6.07, 6.45) is 1.01. The third-order valence-electron chi connectivity index (χ3n) is 3.71. The van der Waals surface area contributed by atoms with Crippen molar-refractivity contribution >= 4 is 21.6 Å². The normalized spacial score (nSPS) is 12.3. The number of carbonyl (C=O) groups excluding carboxylic acids is 1. The summed E-state index contributed by atoms with van der Waals surface area (Å²) in [5.41, 5.74) is 1.28. The van der Waals surface area contributed by atoms with E-state index in [1.165, 1.54) is 0 Å². The van der Waals surface area contributed by atoms with E-state index in [1.807, 2.05) is 6.92 Å². The number of hydrogen-bond donors (Lipinski definition) is 2. The van der Waals surface area contributed by atoms with Crippen LogP contribution in [0.5, 0.6) is 11.5 Å². The van der Waals surface area contributed by atoms with Gasteiger partial charge in [-0.1, -0.05) is 12.1 Å². The molecule has 146 valence electrons. The largest absolute Gasteiger partial charge is 0.497 e. The predicted octanol–water partition coefficient (Wildman–Crippen LogP) is 2.71. The Morgan fingerprint density at radius 3 is 2.15 bits per heavy atom. The summed E-state index contributed by atoms with van der Waals surface area (Å²) >= 11 is 0. The van der Waals surface area contributed by atoms with E-state index in [0.29, 0.717) is 29.4 Å². The second-order valence-electron chi connectivity index (χ2n) is 5.93. The van der Waals surface area contributed by atoms with Gasteiger partial charge in [-0.05, 0) is 48.9 Å². The zero-order chi connectivity index (χ0) is 19.9. The third kappa shape index (κ3) is 6.92. The first kappa shape index (κ1) is 20.7. The maximum Gasteiger partial charge on any atom is 0.226 e. The molecule has 0 aromatic heterocycles. The average Bonchev–Trinajstić information content (AvgIpc) is 2.62. The average molecular weight is 392 g/mol. The molecule has 0 aliphatic heterocycles. The molecule has 0 aliphatic rings. The highest BCUT2D eigenvalue weighted by Gasteiger charge is 2.20. The molecule has 27 heavy (non-hydrogen) atoms. The summed E-state index contributed by atoms with van der Waals surface area (Å²) in [5, 5.41) is 2.77. The Morgan fingerprint density at radius 2 is 1.63 bits per heavy atom. The number of methoxy groups -OCH3 is 1. The molecule has 8 heteroatoms. The number of nitrogens with one attached hydrogen (secondary N) is 2. The molecule has 0 saturated heterocycles. The quantitative estimate of drug-likeness (QED) is 0.684. The van der Waals surface area contributed by atoms with Crippen LogP contribution in [0.4, 0.5) is 5.69 Å². The van der Waals surface area contributed by atoms with Gasteiger partial charge in [0.25, 0.3) is 0 Å². The second-order valence-corrected chi connectivity index (χ2v) is 7.71. The van der Waals surface area contributed by atoms with Crippen LogP contribution in [-0.4, -0.2) is 34.3 Å². The van der Waals surface area contributed by atoms with E-state index in [4.69, 9.17) is 9.47 Å². The fourth-order valence-electron chi connectivity index (χ4n) is 2.52. The maximum atomic E-state index is 12.4. The van der Waals surface area contributed by atoms with Crippen molar-refractivity contribution < 1.29 is 22.7 Å². The SMILES string of the molecule is CCOc1ccc(NC(=O)C[C@H](NS(C)(=O)=O)c2ccc(OC)cc2)cc1. The number of amides is 1. The zero-order valence-electron chi connectivity index (χ0n) is 15.6. The van der Waals surface area contributed by atoms with E-state index >= 15 is 0 Å². The second kappa shape index (κ2) is 9.38. The molecule has 1 amide bonds. The molecule has 0 bridgehead atoms. The number of carbonyl (C=O) groups is 1. The first-order chi connectivity index (χ1) is 12.8. The minimum Gasteiger partial charge on any atom is -0.497 e. The predicted molar refractivity (Wildman–Crippen MR) is 105 cm³/mol. The van der Waals surface area contributed by atoms with Crippen molar-refractivity contribution in [1.29, 1.82) is 0 Å². The van der Waals surface area contributed by atoms with Crippen LogP contribution in [0.2, 0.25) is 0 Å². The van der Waals surface area contributed by atoms with Gasteiger partial charge in [-0.15, -0.1) is 0 Å². The molecule has 2 N–H and O–H groups in total. The molecule has 7 nitrogen and oxygen atoms in total. The number of hydrogen-bond acceptors (Lipinski definition) is 5. The first-order valence-corrected chi connectivity index (χ1v) is 10.3. The van der Waals surface area contributed by atoms with Gasteiger partial charge in [-0.3, -0.25) is 4.79 Å². The topological polar surface area (TPSA) is 93.7 Å². The molecule has 1 atom stereocenters. The Balaban J connectivity index is 2.09. The van der Waals surface area contributed by atoms with Crippen molar-refractivity contribution in [2.45, 2.75) is 19.4 Å². The van der Waals surface area contributed by atoms with Crippen molar-refractivity contribution in [2.75, 3.05) is 25.3 Å². The standard InChI is InChI=1S/C19H24N2O5S/c1-4-26-17-11-7-15(8-12-17)20-19(22)13-18(21-27(3,23)24)14-5-9-16(25-2)10-6-14/h5-12,18,21H,4,13H2,1-3H3,(H,20,22)/t18-/m0/s1. The van der Waals surface area contributed by atoms with E-state index in [9.17, 15) is 13.2 Å². The van der Waals surface area contributed by atoms with E-state index in [1.54, 1.807) is 55.6 Å². The van der Waals surface area contributed by atoms with Crippen molar-refractivity contribution in [3.63, 3.8) is 0 Å². The van der Waals surface area contributed by atoms with E-state index in [-0.39, 0.29) is 12.3 Å². The van der Waals surface area contributed by atoms with Crippen molar-refractivity contribution in [3.05, 3.63) is 54.1 Å². The fourth-order valence-corrected chi connectivity index (χ4v) is 3.26. The molecule has 0 spiro atoms. The first-order valence-electron chi connectivity index (χ1n) is 8.44. The zero-order valence-corrected chi connectivity index (χ0v) is 16.4. The van der Waals surface area contributed by atoms with Gasteiger partial charge in [0.2, 0.25) is 15.9 Å². The van der Waals surface area contributed by atoms with E-state index in [0.717, 1.165) is 6.26 Å². The molecular weight excluding hydrogens is 368 g/mol. The van der Waals surface area contributed by atoms with Gasteiger partial charge in [-0.2, -0.15) is 0 Å². The van der Waals surface area contributed by atoms with E-state index < -0.39 is 16.1 Å². The maximum absolute atomic E-state index is 12.4. The highest BCUT2D eigenvalue weighted by molar-refractivity contribution is 7.88. The number of ether oxygens (including phenoxy) is 2. The molecular formula is C19H24N2O5S. The molecule has 2 aromatic rings. The Kier molecular flexibility index (Phi) is 7.20. The van der Waals surface area contributed by atoms with Crippen LogP contribution in [0, 0.1) is 0 Å². The smallest absolute Gasteiger partial charge is 0.226 e. The monoisotopic (exact) mass is 392 g/mol. The van der Waals surface area contributed by atoms with Crippen molar-refractivity contribution in [1.82, 2.24) is 4.72 Å². The summed E-state index contributed by atoms with van der Waals surface area (Å²) in [5.74, 6) is 1.05. The van der Waals surface area contributed by atoms with Gasteiger partial charge < -0.3 is 14.8 Å². The number of anilines is 1. The van der Waals surface area contributed by atoms with Gasteiger partial charge in [0, 0.05) is 12.1 Å². The summed E-state index contributed by atoms with van der Waals surface area (Å²) in [6.45, 7) is 2.45. The molecule has 2 aromatic carbocycles. The Hall–Kier alpha value is -2.58. The van der Waals surface area contributed by atoms with Crippen LogP contribution in [0.15, 0.2) is 48.5 Å². The van der Waals surface area contributed by atoms with Gasteiger partial charge in [0.15, 0.2) is 0 Å². The van der Waals surface area contributed by atoms with E-state index in [2.05, 4.69) is 10.0 Å². The molecule has 0 radical (unpaired) electrons. The van der Waals surface area contributed by atoms with Crippen LogP contribution in [0.25, 0.3) is 0 Å². The Bertz CT molecular complexity index is 849. The Morgan fingerprint density at radius 1 is 1.04 bits per heavy atom. The minimum absolute atomic E-state index is 0.0490. The van der Waals surface area contributed by atoms with Crippen LogP contribution in [0.3, 0.4) is 0 Å². The van der Waals surface area contributed by atoms with Crippen molar-refractivity contribution in [3.8, 4) is 11.5 Å². The Labute approximate surface area is 159 Å². The highest BCUT2D eigenvalue weighted by Crippen LogP contribution is 2.22. The highest BCUT2D eigenvalue weighted by atomic mass is 32.2. The minimum atomic E-state index is -3.50. The molecule has 0 heterocycles. The summed E-state index contributed by atoms with van der Waals surface area (Å²) in [6, 6.07) is 13.2. The summed E-state index contributed by atoms with van der Waals surface area (Å²) in [4.78, 5) is 12.4. The lowest BCUT2D eigenvalue weighted by Gasteiger charge is -2.18. The van der Waals surface area contributed by atoms with Crippen LogP contribution in [-0.2, 0) is 14.8 Å². The molecule has 0 fully saturated rings. The number of rotatable bonds is 9. The van der Waals surface area contributed by atoms with Crippen LogP contribution < -0.4 is 19.5 Å². The van der Waals surface area contributed by atoms with Gasteiger partial charge in [0.1, 0.15) is 11.5 Å². The van der Waals surface area contributed by atoms with Crippen molar-refractivity contribution in [2.24, 2.45) is 0 Å². The molecule has 0 aliphatic carbocycles. The lowest BCUT2D eigenvalue weighted by molar-refractivity contribution is -0.116. The molecule has 0 saturated carbocycles. The third-order valence-corrected chi connectivity index (χ3v) is 4.43. The number of benzene rings is 2. The van der Waals surface area contributed by atoms with Crippen LogP contribution in [0.1, 0.15) is 24.9 Å². The molecule has 2 rings (SSSR count). The lowest BCUT2D eigenvalue weighted by Crippen LogP contribution is -2.30. The van der Waals surface area contributed by atoms with Gasteiger partial charge in [-0.25, -0.2) is 13.1 Å². The van der Waals surface area contributed by atoms with Crippen LogP contribution >= 0.6 is 0 Å². The molecule has 0 unspecified atom stereocenters. The fraction of sp³-hybridized carbons (Fsp3) is 0.316. The summed E-state index contributed by atoms with van der Waals surface area (Å²) < 4.78 is 36.4. The van der Waals surface area contributed by atoms with Gasteiger partial charge in [0.05, 0.1) is 26.0 Å².